The lowest BCUT2D eigenvalue weighted by Gasteiger charge is -2.34. The molecule has 1 aromatic heterocycles. The topological polar surface area (TPSA) is 68.2 Å². The van der Waals surface area contributed by atoms with Crippen LogP contribution < -0.4 is 15.4 Å². The van der Waals surface area contributed by atoms with Gasteiger partial charge in [-0.05, 0) is 47.5 Å². The van der Waals surface area contributed by atoms with Crippen LogP contribution in [-0.2, 0) is 6.54 Å². The second-order valence-corrected chi connectivity index (χ2v) is 9.07. The molecule has 2 N–H and O–H groups in total. The third-order valence-corrected chi connectivity index (χ3v) is 6.36. The summed E-state index contributed by atoms with van der Waals surface area (Å²) in [6.07, 6.45) is -3.57. The standard InChI is InChI=1S/C27H22ClF3N4O2/c28-19-8-12-21(13-9-19)37-20-10-6-17(7-11-20)15-32-26(36)22-16-33-35-24(27(29,30)31)14-23(34-25(22)35)18-4-2-1-3-5-18/h1-13,16,23-24,34H,14-15H2,(H,32,36). The minimum Gasteiger partial charge on any atom is -0.457 e. The zero-order valence-corrected chi connectivity index (χ0v) is 20.1. The summed E-state index contributed by atoms with van der Waals surface area (Å²) >= 11 is 5.88. The van der Waals surface area contributed by atoms with Crippen molar-refractivity contribution in [2.45, 2.75) is 31.2 Å². The molecule has 0 fully saturated rings. The van der Waals surface area contributed by atoms with E-state index in [1.807, 2.05) is 0 Å². The normalized spacial score (nSPS) is 17.0. The fraction of sp³-hybridized carbons (Fsp3) is 0.185. The van der Waals surface area contributed by atoms with Crippen molar-refractivity contribution >= 4 is 23.3 Å². The van der Waals surface area contributed by atoms with Crippen LogP contribution in [0.25, 0.3) is 0 Å². The fourth-order valence-corrected chi connectivity index (χ4v) is 4.35. The largest absolute Gasteiger partial charge is 0.457 e. The lowest BCUT2D eigenvalue weighted by molar-refractivity contribution is -0.173. The number of halogens is 4. The van der Waals surface area contributed by atoms with E-state index in [0.717, 1.165) is 10.2 Å². The molecule has 0 bridgehead atoms. The monoisotopic (exact) mass is 526 g/mol. The molecule has 10 heteroatoms. The zero-order chi connectivity index (χ0) is 26.0. The van der Waals surface area contributed by atoms with Gasteiger partial charge in [0.05, 0.1) is 12.2 Å². The van der Waals surface area contributed by atoms with Crippen LogP contribution in [0.3, 0.4) is 0 Å². The first-order valence-electron chi connectivity index (χ1n) is 11.5. The predicted octanol–water partition coefficient (Wildman–Crippen LogP) is 6.92. The van der Waals surface area contributed by atoms with Gasteiger partial charge in [-0.1, -0.05) is 54.1 Å². The molecule has 2 heterocycles. The molecule has 0 radical (unpaired) electrons. The molecular formula is C27H22ClF3N4O2. The highest BCUT2D eigenvalue weighted by Crippen LogP contribution is 2.44. The van der Waals surface area contributed by atoms with Gasteiger partial charge in [0.2, 0.25) is 0 Å². The number of hydrogen-bond acceptors (Lipinski definition) is 4. The van der Waals surface area contributed by atoms with Gasteiger partial charge in [0.25, 0.3) is 5.91 Å². The number of benzene rings is 3. The van der Waals surface area contributed by atoms with E-state index in [9.17, 15) is 18.0 Å². The summed E-state index contributed by atoms with van der Waals surface area (Å²) in [5.41, 5.74) is 1.55. The Labute approximate surface area is 216 Å². The van der Waals surface area contributed by atoms with Crippen LogP contribution in [0.5, 0.6) is 11.5 Å². The Morgan fingerprint density at radius 3 is 2.32 bits per heavy atom. The maximum absolute atomic E-state index is 13.9. The van der Waals surface area contributed by atoms with Crippen LogP contribution >= 0.6 is 11.6 Å². The lowest BCUT2D eigenvalue weighted by Crippen LogP contribution is -2.36. The van der Waals surface area contributed by atoms with E-state index >= 15 is 0 Å². The van der Waals surface area contributed by atoms with E-state index in [4.69, 9.17) is 16.3 Å². The highest BCUT2D eigenvalue weighted by Gasteiger charge is 2.47. The minimum atomic E-state index is -4.51. The number of fused-ring (bicyclic) bond motifs is 1. The van der Waals surface area contributed by atoms with Crippen LogP contribution in [0, 0.1) is 0 Å². The highest BCUT2D eigenvalue weighted by molar-refractivity contribution is 6.30. The molecule has 0 saturated carbocycles. The number of anilines is 1. The van der Waals surface area contributed by atoms with E-state index < -0.39 is 24.2 Å². The van der Waals surface area contributed by atoms with E-state index in [0.29, 0.717) is 22.1 Å². The van der Waals surface area contributed by atoms with E-state index in [1.165, 1.54) is 6.20 Å². The number of aromatic nitrogens is 2. The highest BCUT2D eigenvalue weighted by atomic mass is 35.5. The lowest BCUT2D eigenvalue weighted by atomic mass is 9.96. The van der Waals surface area contributed by atoms with Crippen molar-refractivity contribution in [1.29, 1.82) is 0 Å². The van der Waals surface area contributed by atoms with Gasteiger partial charge in [-0.2, -0.15) is 18.3 Å². The van der Waals surface area contributed by atoms with Gasteiger partial charge >= 0.3 is 6.18 Å². The summed E-state index contributed by atoms with van der Waals surface area (Å²) in [4.78, 5) is 13.0. The molecule has 1 amide bonds. The molecule has 4 aromatic rings. The van der Waals surface area contributed by atoms with Crippen molar-refractivity contribution in [2.24, 2.45) is 0 Å². The van der Waals surface area contributed by atoms with Gasteiger partial charge in [0, 0.05) is 18.0 Å². The quantitative estimate of drug-likeness (QED) is 0.286. The first-order chi connectivity index (χ1) is 17.8. The molecule has 3 aromatic carbocycles. The maximum atomic E-state index is 13.9. The number of rotatable bonds is 6. The summed E-state index contributed by atoms with van der Waals surface area (Å²) in [6.45, 7) is 0.176. The van der Waals surface area contributed by atoms with Gasteiger partial charge in [0.1, 0.15) is 22.9 Å². The van der Waals surface area contributed by atoms with E-state index in [1.54, 1.807) is 78.9 Å². The second-order valence-electron chi connectivity index (χ2n) is 8.63. The SMILES string of the molecule is O=C(NCc1ccc(Oc2ccc(Cl)cc2)cc1)c1cnn2c1NC(c1ccccc1)CC2C(F)(F)F. The fourth-order valence-electron chi connectivity index (χ4n) is 4.22. The van der Waals surface area contributed by atoms with Crippen LogP contribution in [0.4, 0.5) is 19.0 Å². The van der Waals surface area contributed by atoms with Crippen molar-refractivity contribution in [1.82, 2.24) is 15.1 Å². The van der Waals surface area contributed by atoms with Gasteiger partial charge in [-0.25, -0.2) is 4.68 Å². The summed E-state index contributed by atoms with van der Waals surface area (Å²) in [5.74, 6) is 0.767. The summed E-state index contributed by atoms with van der Waals surface area (Å²) < 4.78 is 48.2. The Hall–Kier alpha value is -3.98. The summed E-state index contributed by atoms with van der Waals surface area (Å²) in [6, 6.07) is 20.5. The van der Waals surface area contributed by atoms with Gasteiger partial charge in [-0.3, -0.25) is 4.79 Å². The van der Waals surface area contributed by atoms with E-state index in [2.05, 4.69) is 15.7 Å². The average Bonchev–Trinajstić information content (AvgIpc) is 3.33. The van der Waals surface area contributed by atoms with Crippen LogP contribution in [0.1, 0.15) is 40.0 Å². The smallest absolute Gasteiger partial charge is 0.410 e. The summed E-state index contributed by atoms with van der Waals surface area (Å²) in [5, 5.41) is 10.4. The number of amides is 1. The Balaban J connectivity index is 1.28. The Bertz CT molecular complexity index is 1370. The molecule has 0 spiro atoms. The second kappa shape index (κ2) is 10.2. The van der Waals surface area contributed by atoms with Crippen LogP contribution in [0.15, 0.2) is 85.1 Å². The molecule has 190 valence electrons. The van der Waals surface area contributed by atoms with Crippen LogP contribution in [-0.4, -0.2) is 21.9 Å². The van der Waals surface area contributed by atoms with Gasteiger partial charge in [-0.15, -0.1) is 0 Å². The van der Waals surface area contributed by atoms with Crippen molar-refractivity contribution < 1.29 is 22.7 Å². The number of hydrogen-bond donors (Lipinski definition) is 2. The minimum absolute atomic E-state index is 0.0478. The number of carbonyl (C=O) groups is 1. The average molecular weight is 527 g/mol. The number of carbonyl (C=O) groups excluding carboxylic acids is 1. The Morgan fingerprint density at radius 1 is 1.03 bits per heavy atom. The maximum Gasteiger partial charge on any atom is 0.410 e. The van der Waals surface area contributed by atoms with Crippen molar-refractivity contribution in [2.75, 3.05) is 5.32 Å². The first-order valence-corrected chi connectivity index (χ1v) is 11.9. The molecule has 2 unspecified atom stereocenters. The first kappa shape index (κ1) is 24.7. The number of nitrogens with zero attached hydrogens (tertiary/aromatic N) is 2. The molecule has 2 atom stereocenters. The van der Waals surface area contributed by atoms with E-state index in [-0.39, 0.29) is 24.3 Å². The van der Waals surface area contributed by atoms with Crippen LogP contribution in [0.2, 0.25) is 5.02 Å². The number of alkyl halides is 3. The van der Waals surface area contributed by atoms with Crippen molar-refractivity contribution in [3.8, 4) is 11.5 Å². The third kappa shape index (κ3) is 5.56. The molecule has 0 saturated heterocycles. The number of ether oxygens (including phenoxy) is 1. The number of nitrogens with one attached hydrogen (secondary N) is 2. The summed E-state index contributed by atoms with van der Waals surface area (Å²) in [7, 11) is 0. The third-order valence-electron chi connectivity index (χ3n) is 6.11. The molecule has 0 aliphatic carbocycles. The molecule has 1 aliphatic rings. The Morgan fingerprint density at radius 2 is 1.68 bits per heavy atom. The van der Waals surface area contributed by atoms with Crippen molar-refractivity contribution in [3.05, 3.63) is 107 Å². The molecule has 37 heavy (non-hydrogen) atoms. The predicted molar refractivity (Wildman–Crippen MR) is 134 cm³/mol. The Kier molecular flexibility index (Phi) is 6.80. The van der Waals surface area contributed by atoms with Gasteiger partial charge < -0.3 is 15.4 Å². The molecular weight excluding hydrogens is 505 g/mol. The molecule has 6 nitrogen and oxygen atoms in total. The zero-order valence-electron chi connectivity index (χ0n) is 19.4. The van der Waals surface area contributed by atoms with Gasteiger partial charge in [0.15, 0.2) is 6.04 Å². The molecule has 5 rings (SSSR count). The van der Waals surface area contributed by atoms with Crippen molar-refractivity contribution in [3.63, 3.8) is 0 Å². The molecule has 1 aliphatic heterocycles.